The number of benzene rings is 1. The lowest BCUT2D eigenvalue weighted by Gasteiger charge is -2.11. The molecule has 1 nitrogen and oxygen atoms in total. The van der Waals surface area contributed by atoms with E-state index in [0.717, 1.165) is 12.2 Å². The molecule has 0 amide bonds. The first-order valence-electron chi connectivity index (χ1n) is 5.08. The second-order valence-electron chi connectivity index (χ2n) is 3.66. The number of hydrogen-bond donors (Lipinski definition) is 1. The Morgan fingerprint density at radius 3 is 2.80 bits per heavy atom. The van der Waals surface area contributed by atoms with Crippen molar-refractivity contribution in [3.8, 4) is 0 Å². The molecule has 1 aromatic rings. The quantitative estimate of drug-likeness (QED) is 0.780. The van der Waals surface area contributed by atoms with E-state index in [2.05, 4.69) is 0 Å². The van der Waals surface area contributed by atoms with E-state index in [9.17, 15) is 9.50 Å². The third-order valence-electron chi connectivity index (χ3n) is 2.41. The summed E-state index contributed by atoms with van der Waals surface area (Å²) < 4.78 is 13.2. The summed E-state index contributed by atoms with van der Waals surface area (Å²) in [5, 5.41) is 9.79. The second kappa shape index (κ2) is 6.13. The van der Waals surface area contributed by atoms with Crippen LogP contribution in [0.1, 0.15) is 30.1 Å². The minimum Gasteiger partial charge on any atom is -0.388 e. The van der Waals surface area contributed by atoms with Gasteiger partial charge in [0.25, 0.3) is 0 Å². The lowest BCUT2D eigenvalue weighted by atomic mass is 10.0. The number of thioether (sulfide) groups is 1. The van der Waals surface area contributed by atoms with Crippen LogP contribution in [0.2, 0.25) is 0 Å². The molecule has 0 fully saturated rings. The molecular weight excluding hydrogens is 211 g/mol. The summed E-state index contributed by atoms with van der Waals surface area (Å²) in [6.07, 6.45) is 3.16. The van der Waals surface area contributed by atoms with Gasteiger partial charge in [-0.3, -0.25) is 0 Å². The molecular formula is C12H17FOS. The van der Waals surface area contributed by atoms with Gasteiger partial charge >= 0.3 is 0 Å². The van der Waals surface area contributed by atoms with Crippen molar-refractivity contribution in [3.05, 3.63) is 35.1 Å². The van der Waals surface area contributed by atoms with Gasteiger partial charge in [-0.15, -0.1) is 0 Å². The Bertz CT molecular complexity index is 314. The molecule has 84 valence electrons. The summed E-state index contributed by atoms with van der Waals surface area (Å²) in [4.78, 5) is 0. The highest BCUT2D eigenvalue weighted by molar-refractivity contribution is 7.98. The average Bonchev–Trinajstić information content (AvgIpc) is 2.22. The summed E-state index contributed by atoms with van der Waals surface area (Å²) in [6, 6.07) is 4.93. The predicted molar refractivity (Wildman–Crippen MR) is 63.7 cm³/mol. The number of aliphatic hydroxyl groups is 1. The van der Waals surface area contributed by atoms with Crippen molar-refractivity contribution in [2.24, 2.45) is 0 Å². The molecule has 0 saturated heterocycles. The minimum absolute atomic E-state index is 0.239. The smallest absolute Gasteiger partial charge is 0.126 e. The number of aliphatic hydroxyl groups excluding tert-OH is 1. The first-order chi connectivity index (χ1) is 7.15. The Kier molecular flexibility index (Phi) is 5.12. The number of rotatable bonds is 5. The summed E-state index contributed by atoms with van der Waals surface area (Å²) >= 11 is 1.76. The van der Waals surface area contributed by atoms with Crippen LogP contribution >= 0.6 is 11.8 Å². The summed E-state index contributed by atoms with van der Waals surface area (Å²) in [5.74, 6) is 0.794. The first kappa shape index (κ1) is 12.5. The normalized spacial score (nSPS) is 12.8. The van der Waals surface area contributed by atoms with Gasteiger partial charge in [-0.1, -0.05) is 12.1 Å². The van der Waals surface area contributed by atoms with Gasteiger partial charge in [0.15, 0.2) is 0 Å². The lowest BCUT2D eigenvalue weighted by Crippen LogP contribution is -1.99. The fraction of sp³-hybridized carbons (Fsp3) is 0.500. The Hall–Kier alpha value is -0.540. The molecule has 15 heavy (non-hydrogen) atoms. The first-order valence-corrected chi connectivity index (χ1v) is 6.47. The molecule has 3 heteroatoms. The topological polar surface area (TPSA) is 20.2 Å². The zero-order valence-corrected chi connectivity index (χ0v) is 9.98. The van der Waals surface area contributed by atoms with Crippen molar-refractivity contribution in [3.63, 3.8) is 0 Å². The van der Waals surface area contributed by atoms with Gasteiger partial charge in [0.1, 0.15) is 5.82 Å². The van der Waals surface area contributed by atoms with Crippen LogP contribution < -0.4 is 0 Å². The zero-order chi connectivity index (χ0) is 11.3. The molecule has 1 aromatic carbocycles. The largest absolute Gasteiger partial charge is 0.388 e. The molecule has 1 N–H and O–H groups in total. The van der Waals surface area contributed by atoms with E-state index in [1.54, 1.807) is 30.8 Å². The summed E-state index contributed by atoms with van der Waals surface area (Å²) in [6.45, 7) is 1.72. The van der Waals surface area contributed by atoms with Gasteiger partial charge < -0.3 is 5.11 Å². The Balaban J connectivity index is 2.57. The van der Waals surface area contributed by atoms with Crippen LogP contribution in [0.5, 0.6) is 0 Å². The molecule has 0 bridgehead atoms. The van der Waals surface area contributed by atoms with E-state index in [0.29, 0.717) is 17.5 Å². The SMILES string of the molecule is CSCCCC(O)c1ccc(C)c(F)c1. The molecule has 0 saturated carbocycles. The van der Waals surface area contributed by atoms with E-state index >= 15 is 0 Å². The Morgan fingerprint density at radius 2 is 2.20 bits per heavy atom. The maximum absolute atomic E-state index is 13.2. The summed E-state index contributed by atoms with van der Waals surface area (Å²) in [7, 11) is 0. The van der Waals surface area contributed by atoms with Crippen LogP contribution in [0.15, 0.2) is 18.2 Å². The monoisotopic (exact) mass is 228 g/mol. The van der Waals surface area contributed by atoms with E-state index in [1.165, 1.54) is 6.07 Å². The van der Waals surface area contributed by atoms with Crippen LogP contribution in [0.4, 0.5) is 4.39 Å². The van der Waals surface area contributed by atoms with Crippen LogP contribution in [-0.4, -0.2) is 17.1 Å². The van der Waals surface area contributed by atoms with Gasteiger partial charge in [0.05, 0.1) is 6.10 Å². The third kappa shape index (κ3) is 3.84. The van der Waals surface area contributed by atoms with Crippen molar-refractivity contribution < 1.29 is 9.50 Å². The predicted octanol–water partition coefficient (Wildman–Crippen LogP) is 3.31. The molecule has 0 aliphatic carbocycles. The highest BCUT2D eigenvalue weighted by Crippen LogP contribution is 2.21. The van der Waals surface area contributed by atoms with Gasteiger partial charge in [-0.2, -0.15) is 11.8 Å². The van der Waals surface area contributed by atoms with Crippen molar-refractivity contribution in [2.75, 3.05) is 12.0 Å². The van der Waals surface area contributed by atoms with E-state index in [-0.39, 0.29) is 5.82 Å². The second-order valence-corrected chi connectivity index (χ2v) is 4.65. The highest BCUT2D eigenvalue weighted by Gasteiger charge is 2.08. The maximum Gasteiger partial charge on any atom is 0.126 e. The zero-order valence-electron chi connectivity index (χ0n) is 9.16. The Labute approximate surface area is 94.7 Å². The molecule has 1 rings (SSSR count). The number of halogens is 1. The van der Waals surface area contributed by atoms with Gasteiger partial charge in [0, 0.05) is 0 Å². The third-order valence-corrected chi connectivity index (χ3v) is 3.10. The number of aryl methyl sites for hydroxylation is 1. The molecule has 0 aliphatic rings. The van der Waals surface area contributed by atoms with Gasteiger partial charge in [-0.05, 0) is 49.0 Å². The lowest BCUT2D eigenvalue weighted by molar-refractivity contribution is 0.166. The van der Waals surface area contributed by atoms with E-state index in [1.807, 2.05) is 6.26 Å². The highest BCUT2D eigenvalue weighted by atomic mass is 32.2. The molecule has 0 radical (unpaired) electrons. The van der Waals surface area contributed by atoms with Gasteiger partial charge in [-0.25, -0.2) is 4.39 Å². The molecule has 0 aromatic heterocycles. The van der Waals surface area contributed by atoms with Crippen LogP contribution in [0.25, 0.3) is 0 Å². The summed E-state index contributed by atoms with van der Waals surface area (Å²) in [5.41, 5.74) is 1.30. The van der Waals surface area contributed by atoms with Crippen LogP contribution in [0, 0.1) is 12.7 Å². The maximum atomic E-state index is 13.2. The van der Waals surface area contributed by atoms with E-state index in [4.69, 9.17) is 0 Å². The molecule has 1 atom stereocenters. The van der Waals surface area contributed by atoms with Crippen molar-refractivity contribution in [1.82, 2.24) is 0 Å². The van der Waals surface area contributed by atoms with Crippen molar-refractivity contribution >= 4 is 11.8 Å². The Morgan fingerprint density at radius 1 is 1.47 bits per heavy atom. The molecule has 0 spiro atoms. The van der Waals surface area contributed by atoms with Crippen molar-refractivity contribution in [2.45, 2.75) is 25.9 Å². The molecule has 0 aliphatic heterocycles. The standard InChI is InChI=1S/C12H17FOS/c1-9-5-6-10(8-11(9)13)12(14)4-3-7-15-2/h5-6,8,12,14H,3-4,7H2,1-2H3. The fourth-order valence-electron chi connectivity index (χ4n) is 1.40. The van der Waals surface area contributed by atoms with Gasteiger partial charge in [0.2, 0.25) is 0 Å². The van der Waals surface area contributed by atoms with Crippen molar-refractivity contribution in [1.29, 1.82) is 0 Å². The molecule has 1 unspecified atom stereocenters. The average molecular weight is 228 g/mol. The number of hydrogen-bond acceptors (Lipinski definition) is 2. The fourth-order valence-corrected chi connectivity index (χ4v) is 1.86. The van der Waals surface area contributed by atoms with Crippen LogP contribution in [0.3, 0.4) is 0 Å². The van der Waals surface area contributed by atoms with E-state index < -0.39 is 6.10 Å². The molecule has 0 heterocycles. The minimum atomic E-state index is -0.535. The van der Waals surface area contributed by atoms with Crippen LogP contribution in [-0.2, 0) is 0 Å².